The molecule has 0 saturated carbocycles. The molecule has 0 bridgehead atoms. The smallest absolute Gasteiger partial charge is 0.363 e. The normalized spacial score (nSPS) is 15.4. The molecule has 0 radical (unpaired) electrons. The number of hydrogen-bond acceptors (Lipinski definition) is 4. The van der Waals surface area contributed by atoms with Gasteiger partial charge in [-0.2, -0.15) is 0 Å². The zero-order valence-electron chi connectivity index (χ0n) is 12.3. The minimum Gasteiger partial charge on any atom is -0.497 e. The van der Waals surface area contributed by atoms with Crippen molar-refractivity contribution in [1.29, 1.82) is 0 Å². The van der Waals surface area contributed by atoms with Gasteiger partial charge in [0.05, 0.1) is 17.7 Å². The zero-order chi connectivity index (χ0) is 17.3. The van der Waals surface area contributed by atoms with Crippen molar-refractivity contribution in [1.82, 2.24) is 0 Å². The van der Waals surface area contributed by atoms with E-state index in [-0.39, 0.29) is 22.2 Å². The third-order valence-electron chi connectivity index (χ3n) is 3.28. The number of nitrogens with zero attached hydrogens (tertiary/aromatic N) is 1. The van der Waals surface area contributed by atoms with E-state index >= 15 is 0 Å². The van der Waals surface area contributed by atoms with E-state index in [4.69, 9.17) is 21.1 Å². The molecule has 4 nitrogen and oxygen atoms in total. The molecule has 0 atom stereocenters. The van der Waals surface area contributed by atoms with Crippen molar-refractivity contribution in [2.45, 2.75) is 0 Å². The summed E-state index contributed by atoms with van der Waals surface area (Å²) in [5.74, 6) is -2.42. The standard InChI is InChI=1S/C17H10ClF2NO3/c1-23-10-4-2-9(3-5-10)6-15-17(22)24-16(21-15)11-7-13(19)14(20)8-12(11)18/h2-8H,1H3. The Labute approximate surface area is 141 Å². The molecule has 122 valence electrons. The number of ether oxygens (including phenoxy) is 2. The molecular weight excluding hydrogens is 340 g/mol. The van der Waals surface area contributed by atoms with E-state index < -0.39 is 17.6 Å². The molecule has 1 aliphatic heterocycles. The van der Waals surface area contributed by atoms with E-state index in [9.17, 15) is 13.6 Å². The second kappa shape index (κ2) is 6.41. The second-order valence-electron chi connectivity index (χ2n) is 4.86. The Hall–Kier alpha value is -2.73. The van der Waals surface area contributed by atoms with Crippen molar-refractivity contribution in [3.05, 3.63) is 69.9 Å². The predicted molar refractivity (Wildman–Crippen MR) is 85.0 cm³/mol. The fourth-order valence-corrected chi connectivity index (χ4v) is 2.30. The summed E-state index contributed by atoms with van der Waals surface area (Å²) in [6, 6.07) is 8.55. The van der Waals surface area contributed by atoms with Crippen LogP contribution < -0.4 is 4.74 Å². The minimum atomic E-state index is -1.11. The SMILES string of the molecule is COc1ccc(C=C2N=C(c3cc(F)c(F)cc3Cl)OC2=O)cc1. The summed E-state index contributed by atoms with van der Waals surface area (Å²) in [7, 11) is 1.55. The highest BCUT2D eigenvalue weighted by molar-refractivity contribution is 6.34. The van der Waals surface area contributed by atoms with Crippen LogP contribution in [0.3, 0.4) is 0 Å². The number of cyclic esters (lactones) is 1. The van der Waals surface area contributed by atoms with Gasteiger partial charge in [-0.1, -0.05) is 23.7 Å². The van der Waals surface area contributed by atoms with E-state index in [1.807, 2.05) is 0 Å². The second-order valence-corrected chi connectivity index (χ2v) is 5.26. The lowest BCUT2D eigenvalue weighted by atomic mass is 10.2. The summed E-state index contributed by atoms with van der Waals surface area (Å²) in [6.07, 6.45) is 1.50. The van der Waals surface area contributed by atoms with Crippen LogP contribution in [0.2, 0.25) is 5.02 Å². The highest BCUT2D eigenvalue weighted by Gasteiger charge is 2.26. The molecule has 2 aromatic carbocycles. The van der Waals surface area contributed by atoms with Crippen LogP contribution in [-0.4, -0.2) is 19.0 Å². The van der Waals surface area contributed by atoms with Gasteiger partial charge in [0.25, 0.3) is 0 Å². The fourth-order valence-electron chi connectivity index (χ4n) is 2.07. The summed E-state index contributed by atoms with van der Waals surface area (Å²) in [5, 5.41) is -0.105. The summed E-state index contributed by atoms with van der Waals surface area (Å²) in [5.41, 5.74) is 0.724. The Bertz CT molecular complexity index is 876. The highest BCUT2D eigenvalue weighted by Crippen LogP contribution is 2.26. The molecule has 0 saturated heterocycles. The summed E-state index contributed by atoms with van der Waals surface area (Å²) >= 11 is 5.86. The van der Waals surface area contributed by atoms with Gasteiger partial charge in [0.15, 0.2) is 17.3 Å². The third kappa shape index (κ3) is 3.14. The Balaban J connectivity index is 1.95. The van der Waals surface area contributed by atoms with Gasteiger partial charge >= 0.3 is 5.97 Å². The number of esters is 1. The van der Waals surface area contributed by atoms with Gasteiger partial charge in [0, 0.05) is 0 Å². The highest BCUT2D eigenvalue weighted by atomic mass is 35.5. The van der Waals surface area contributed by atoms with Crippen LogP contribution in [-0.2, 0) is 9.53 Å². The lowest BCUT2D eigenvalue weighted by molar-refractivity contribution is -0.129. The molecule has 7 heteroatoms. The van der Waals surface area contributed by atoms with Gasteiger partial charge in [-0.25, -0.2) is 18.6 Å². The van der Waals surface area contributed by atoms with Gasteiger partial charge in [-0.3, -0.25) is 0 Å². The Kier molecular flexibility index (Phi) is 4.31. The van der Waals surface area contributed by atoms with Crippen LogP contribution >= 0.6 is 11.6 Å². The van der Waals surface area contributed by atoms with Gasteiger partial charge < -0.3 is 9.47 Å². The van der Waals surface area contributed by atoms with E-state index in [0.29, 0.717) is 11.3 Å². The molecule has 0 aliphatic carbocycles. The molecular formula is C17H10ClF2NO3. The number of rotatable bonds is 3. The van der Waals surface area contributed by atoms with E-state index in [0.717, 1.165) is 12.1 Å². The first-order valence-electron chi connectivity index (χ1n) is 6.79. The molecule has 0 amide bonds. The maximum Gasteiger partial charge on any atom is 0.363 e. The predicted octanol–water partition coefficient (Wildman–Crippen LogP) is 3.97. The van der Waals surface area contributed by atoms with Crippen molar-refractivity contribution in [3.8, 4) is 5.75 Å². The van der Waals surface area contributed by atoms with Gasteiger partial charge in [-0.15, -0.1) is 0 Å². The van der Waals surface area contributed by atoms with Crippen molar-refractivity contribution in [3.63, 3.8) is 0 Å². The summed E-state index contributed by atoms with van der Waals surface area (Å²) in [6.45, 7) is 0. The average molecular weight is 350 g/mol. The van der Waals surface area contributed by atoms with Gasteiger partial charge in [-0.05, 0) is 35.9 Å². The largest absolute Gasteiger partial charge is 0.497 e. The minimum absolute atomic E-state index is 0.00190. The van der Waals surface area contributed by atoms with Crippen molar-refractivity contribution < 1.29 is 23.0 Å². The Morgan fingerprint density at radius 1 is 1.17 bits per heavy atom. The van der Waals surface area contributed by atoms with E-state index in [1.54, 1.807) is 31.4 Å². The molecule has 24 heavy (non-hydrogen) atoms. The number of carbonyl (C=O) groups is 1. The van der Waals surface area contributed by atoms with Gasteiger partial charge in [0.2, 0.25) is 5.90 Å². The maximum absolute atomic E-state index is 13.4. The van der Waals surface area contributed by atoms with Crippen LogP contribution in [0.4, 0.5) is 8.78 Å². The molecule has 0 spiro atoms. The van der Waals surface area contributed by atoms with Crippen LogP contribution in [0.1, 0.15) is 11.1 Å². The molecule has 0 unspecified atom stereocenters. The molecule has 1 aliphatic rings. The number of hydrogen-bond donors (Lipinski definition) is 0. The van der Waals surface area contributed by atoms with Gasteiger partial charge in [0.1, 0.15) is 5.75 Å². The number of halogens is 3. The summed E-state index contributed by atoms with van der Waals surface area (Å²) < 4.78 is 36.5. The maximum atomic E-state index is 13.4. The van der Waals surface area contributed by atoms with Crippen LogP contribution in [0.25, 0.3) is 6.08 Å². The Morgan fingerprint density at radius 3 is 2.50 bits per heavy atom. The number of aliphatic imine (C=N–C) groups is 1. The summed E-state index contributed by atoms with van der Waals surface area (Å²) in [4.78, 5) is 15.9. The molecule has 2 aromatic rings. The van der Waals surface area contributed by atoms with Crippen LogP contribution in [0.15, 0.2) is 47.1 Å². The van der Waals surface area contributed by atoms with Crippen molar-refractivity contribution in [2.75, 3.05) is 7.11 Å². The monoisotopic (exact) mass is 349 g/mol. The molecule has 0 fully saturated rings. The number of methoxy groups -OCH3 is 1. The first-order chi connectivity index (χ1) is 11.5. The molecule has 0 aromatic heterocycles. The van der Waals surface area contributed by atoms with E-state index in [2.05, 4.69) is 4.99 Å². The fraction of sp³-hybridized carbons (Fsp3) is 0.0588. The molecule has 1 heterocycles. The van der Waals surface area contributed by atoms with Crippen LogP contribution in [0, 0.1) is 11.6 Å². The first-order valence-corrected chi connectivity index (χ1v) is 7.17. The number of benzene rings is 2. The lowest BCUT2D eigenvalue weighted by Gasteiger charge is -2.03. The molecule has 3 rings (SSSR count). The zero-order valence-corrected chi connectivity index (χ0v) is 13.1. The lowest BCUT2D eigenvalue weighted by Crippen LogP contribution is -2.07. The Morgan fingerprint density at radius 2 is 1.83 bits per heavy atom. The average Bonchev–Trinajstić information content (AvgIpc) is 2.92. The van der Waals surface area contributed by atoms with Crippen molar-refractivity contribution in [2.24, 2.45) is 4.99 Å². The third-order valence-corrected chi connectivity index (χ3v) is 3.59. The van der Waals surface area contributed by atoms with Crippen molar-refractivity contribution >= 4 is 29.5 Å². The quantitative estimate of drug-likeness (QED) is 0.478. The number of carbonyl (C=O) groups excluding carboxylic acids is 1. The topological polar surface area (TPSA) is 47.9 Å². The van der Waals surface area contributed by atoms with E-state index in [1.165, 1.54) is 6.08 Å². The van der Waals surface area contributed by atoms with Crippen LogP contribution in [0.5, 0.6) is 5.75 Å². The molecule has 0 N–H and O–H groups in total. The first kappa shape index (κ1) is 16.1.